The molecule has 2 aromatic rings. The van der Waals surface area contributed by atoms with Crippen LogP contribution in [0.3, 0.4) is 0 Å². The first-order chi connectivity index (χ1) is 13.3. The third kappa shape index (κ3) is 4.12. The molecule has 0 radical (unpaired) electrons. The van der Waals surface area contributed by atoms with Crippen LogP contribution in [0.1, 0.15) is 29.3 Å². The molecule has 0 spiro atoms. The van der Waals surface area contributed by atoms with Crippen molar-refractivity contribution < 1.29 is 19.1 Å². The molecular formula is C21H19ClN2O4. The molecule has 0 amide bonds. The number of allylic oxidation sites excluding steroid dienone is 3. The Morgan fingerprint density at radius 1 is 1.21 bits per heavy atom. The van der Waals surface area contributed by atoms with E-state index in [-0.39, 0.29) is 5.76 Å². The lowest BCUT2D eigenvalue weighted by Gasteiger charge is -2.15. The number of aromatic nitrogens is 2. The van der Waals surface area contributed by atoms with Gasteiger partial charge in [0.1, 0.15) is 10.9 Å². The summed E-state index contributed by atoms with van der Waals surface area (Å²) in [6.45, 7) is 5.75. The van der Waals surface area contributed by atoms with Crippen LogP contribution < -0.4 is 0 Å². The minimum Gasteiger partial charge on any atom is -0.430 e. The molecule has 28 heavy (non-hydrogen) atoms. The summed E-state index contributed by atoms with van der Waals surface area (Å²) in [6, 6.07) is 8.01. The topological polar surface area (TPSA) is 78.3 Å². The molecule has 0 aliphatic carbocycles. The summed E-state index contributed by atoms with van der Waals surface area (Å²) in [6.07, 6.45) is 3.80. The van der Waals surface area contributed by atoms with Gasteiger partial charge in [0.2, 0.25) is 0 Å². The second-order valence-electron chi connectivity index (χ2n) is 6.68. The molecule has 144 valence electrons. The lowest BCUT2D eigenvalue weighted by molar-refractivity contribution is -0.151. The van der Waals surface area contributed by atoms with Gasteiger partial charge in [0.05, 0.1) is 12.2 Å². The molecule has 1 aliphatic heterocycles. The van der Waals surface area contributed by atoms with Crippen LogP contribution >= 0.6 is 11.6 Å². The number of hydrogen-bond acceptors (Lipinski definition) is 5. The highest BCUT2D eigenvalue weighted by molar-refractivity contribution is 6.31. The largest absolute Gasteiger partial charge is 0.430 e. The number of rotatable bonds is 5. The van der Waals surface area contributed by atoms with Gasteiger partial charge in [-0.05, 0) is 38.5 Å². The maximum absolute atomic E-state index is 12.3. The third-order valence-electron chi connectivity index (χ3n) is 4.39. The smallest absolute Gasteiger partial charge is 0.329 e. The van der Waals surface area contributed by atoms with Gasteiger partial charge < -0.3 is 4.74 Å². The number of cyclic esters (lactones) is 1. The van der Waals surface area contributed by atoms with Crippen LogP contribution in [0, 0.1) is 19.8 Å². The molecule has 3 rings (SSSR count). The normalized spacial score (nSPS) is 17.0. The van der Waals surface area contributed by atoms with E-state index in [1.54, 1.807) is 11.6 Å². The maximum Gasteiger partial charge on any atom is 0.329 e. The quantitative estimate of drug-likeness (QED) is 0.438. The van der Waals surface area contributed by atoms with Crippen LogP contribution in [0.2, 0.25) is 5.15 Å². The Balaban J connectivity index is 1.80. The lowest BCUT2D eigenvalue weighted by Crippen LogP contribution is -2.34. The summed E-state index contributed by atoms with van der Waals surface area (Å²) in [5.74, 6) is -3.39. The molecule has 1 unspecified atom stereocenters. The van der Waals surface area contributed by atoms with E-state index in [2.05, 4.69) is 5.10 Å². The molecule has 0 saturated heterocycles. The van der Waals surface area contributed by atoms with Crippen molar-refractivity contribution >= 4 is 35.2 Å². The Morgan fingerprint density at radius 2 is 1.89 bits per heavy atom. The zero-order valence-corrected chi connectivity index (χ0v) is 16.5. The van der Waals surface area contributed by atoms with E-state index in [9.17, 15) is 14.4 Å². The predicted octanol–water partition coefficient (Wildman–Crippen LogP) is 3.43. The number of aryl methyl sites for hydroxylation is 2. The monoisotopic (exact) mass is 398 g/mol. The number of ether oxygens (including phenoxy) is 1. The number of esters is 1. The summed E-state index contributed by atoms with van der Waals surface area (Å²) in [5.41, 5.74) is 3.40. The van der Waals surface area contributed by atoms with E-state index >= 15 is 0 Å². The van der Waals surface area contributed by atoms with Gasteiger partial charge in [-0.15, -0.1) is 0 Å². The molecule has 0 N–H and O–H groups in total. The van der Waals surface area contributed by atoms with Crippen LogP contribution in [0.5, 0.6) is 0 Å². The van der Waals surface area contributed by atoms with Crippen LogP contribution in [0.15, 0.2) is 42.2 Å². The van der Waals surface area contributed by atoms with Crippen molar-refractivity contribution in [1.82, 2.24) is 9.78 Å². The van der Waals surface area contributed by atoms with Gasteiger partial charge in [0.25, 0.3) is 0 Å². The Labute approximate surface area is 167 Å². The molecule has 0 fully saturated rings. The fourth-order valence-electron chi connectivity index (χ4n) is 2.89. The first kappa shape index (κ1) is 19.8. The number of carbonyl (C=O) groups is 3. The Hall–Kier alpha value is -2.99. The van der Waals surface area contributed by atoms with Crippen LogP contribution in [-0.2, 0) is 25.7 Å². The molecule has 1 aliphatic rings. The number of hydrogen-bond donors (Lipinski definition) is 0. The van der Waals surface area contributed by atoms with Gasteiger partial charge in [0, 0.05) is 11.6 Å². The van der Waals surface area contributed by atoms with Crippen LogP contribution in [0.4, 0.5) is 0 Å². The number of carbonyl (C=O) groups excluding carboxylic acids is 3. The van der Waals surface area contributed by atoms with Gasteiger partial charge in [-0.25, -0.2) is 4.68 Å². The standard InChI is InChI=1S/C21H19ClN2O4/c1-12-4-6-15(7-5-12)11-24-20(22)16(14(3)23-24)8-9-17(25)19-18(26)10-13(2)28-21(19)27/h4-10,19H,11H2,1-3H3. The first-order valence-electron chi connectivity index (χ1n) is 8.70. The minimum atomic E-state index is -1.47. The van der Waals surface area contributed by atoms with Gasteiger partial charge in [-0.2, -0.15) is 5.10 Å². The molecule has 1 atom stereocenters. The Bertz CT molecular complexity index is 1020. The van der Waals surface area contributed by atoms with Gasteiger partial charge >= 0.3 is 5.97 Å². The molecule has 7 heteroatoms. The van der Waals surface area contributed by atoms with E-state index < -0.39 is 23.5 Å². The number of ketones is 2. The zero-order valence-electron chi connectivity index (χ0n) is 15.7. The average molecular weight is 399 g/mol. The Morgan fingerprint density at radius 3 is 2.54 bits per heavy atom. The van der Waals surface area contributed by atoms with E-state index in [1.165, 1.54) is 19.1 Å². The van der Waals surface area contributed by atoms with Crippen molar-refractivity contribution in [3.8, 4) is 0 Å². The van der Waals surface area contributed by atoms with Gasteiger partial charge in [-0.1, -0.05) is 41.4 Å². The third-order valence-corrected chi connectivity index (χ3v) is 4.79. The van der Waals surface area contributed by atoms with E-state index in [0.29, 0.717) is 23.0 Å². The molecule has 1 aromatic carbocycles. The predicted molar refractivity (Wildman–Crippen MR) is 105 cm³/mol. The highest BCUT2D eigenvalue weighted by Gasteiger charge is 2.36. The number of benzene rings is 1. The second kappa shape index (κ2) is 7.94. The first-order valence-corrected chi connectivity index (χ1v) is 9.08. The van der Waals surface area contributed by atoms with Gasteiger partial charge in [0.15, 0.2) is 17.5 Å². The fourth-order valence-corrected chi connectivity index (χ4v) is 3.19. The zero-order chi connectivity index (χ0) is 20.4. The summed E-state index contributed by atoms with van der Waals surface area (Å²) >= 11 is 6.43. The molecule has 6 nitrogen and oxygen atoms in total. The summed E-state index contributed by atoms with van der Waals surface area (Å²) < 4.78 is 6.51. The minimum absolute atomic E-state index is 0.180. The highest BCUT2D eigenvalue weighted by Crippen LogP contribution is 2.23. The van der Waals surface area contributed by atoms with Crippen LogP contribution in [-0.4, -0.2) is 27.3 Å². The molecule has 2 heterocycles. The van der Waals surface area contributed by atoms with E-state index in [1.807, 2.05) is 31.2 Å². The van der Waals surface area contributed by atoms with Crippen molar-refractivity contribution in [1.29, 1.82) is 0 Å². The molecule has 1 aromatic heterocycles. The average Bonchev–Trinajstić information content (AvgIpc) is 2.87. The van der Waals surface area contributed by atoms with Crippen molar-refractivity contribution in [2.75, 3.05) is 0 Å². The number of halogens is 1. The molecule has 0 saturated carbocycles. The second-order valence-corrected chi connectivity index (χ2v) is 7.04. The molecular weight excluding hydrogens is 380 g/mol. The summed E-state index contributed by atoms with van der Waals surface area (Å²) in [5, 5.41) is 4.78. The van der Waals surface area contributed by atoms with Crippen molar-refractivity contribution in [3.05, 3.63) is 69.7 Å². The van der Waals surface area contributed by atoms with E-state index in [0.717, 1.165) is 17.2 Å². The Kier molecular flexibility index (Phi) is 5.61. The van der Waals surface area contributed by atoms with Crippen molar-refractivity contribution in [2.45, 2.75) is 27.3 Å². The SMILES string of the molecule is CC1=CC(=O)C(C(=O)C=Cc2c(C)nn(Cc3ccc(C)cc3)c2Cl)C(=O)O1. The number of nitrogens with zero attached hydrogens (tertiary/aromatic N) is 2. The van der Waals surface area contributed by atoms with Crippen molar-refractivity contribution in [2.24, 2.45) is 5.92 Å². The van der Waals surface area contributed by atoms with Gasteiger partial charge in [-0.3, -0.25) is 14.4 Å². The maximum atomic E-state index is 12.3. The van der Waals surface area contributed by atoms with Crippen LogP contribution in [0.25, 0.3) is 6.08 Å². The van der Waals surface area contributed by atoms with E-state index in [4.69, 9.17) is 16.3 Å². The molecule has 0 bridgehead atoms. The lowest BCUT2D eigenvalue weighted by atomic mass is 9.96. The fraction of sp³-hybridized carbons (Fsp3) is 0.238. The highest BCUT2D eigenvalue weighted by atomic mass is 35.5. The summed E-state index contributed by atoms with van der Waals surface area (Å²) in [7, 11) is 0. The summed E-state index contributed by atoms with van der Waals surface area (Å²) in [4.78, 5) is 36.2. The van der Waals surface area contributed by atoms with Crippen molar-refractivity contribution in [3.63, 3.8) is 0 Å².